The van der Waals surface area contributed by atoms with Crippen molar-refractivity contribution in [1.29, 1.82) is 0 Å². The Hall–Kier alpha value is -2.09. The number of hydrogen-bond acceptors (Lipinski definition) is 3. The molecule has 0 spiro atoms. The van der Waals surface area contributed by atoms with Gasteiger partial charge in [0.25, 0.3) is 5.91 Å². The van der Waals surface area contributed by atoms with Crippen LogP contribution in [-0.2, 0) is 4.79 Å². The number of halogens is 3. The topological polar surface area (TPSA) is 52.7 Å². The standard InChI is InChI=1S/C16H20F3N3O2/c1-11-9-22(10-13(21(11)2)16(17,18)19)14(23)8-20-15(24)12-6-4-3-5-7-12/h3-7,11,13H,8-10H2,1-2H3,(H,20,24). The molecule has 2 unspecified atom stereocenters. The predicted molar refractivity (Wildman–Crippen MR) is 82.4 cm³/mol. The summed E-state index contributed by atoms with van der Waals surface area (Å²) in [5, 5.41) is 2.45. The number of carbonyl (C=O) groups is 2. The van der Waals surface area contributed by atoms with Gasteiger partial charge in [-0.1, -0.05) is 18.2 Å². The van der Waals surface area contributed by atoms with Gasteiger partial charge < -0.3 is 10.2 Å². The minimum atomic E-state index is -4.41. The van der Waals surface area contributed by atoms with Crippen LogP contribution in [0, 0.1) is 0 Å². The van der Waals surface area contributed by atoms with Crippen LogP contribution in [0.2, 0.25) is 0 Å². The van der Waals surface area contributed by atoms with Crippen LogP contribution in [0.15, 0.2) is 30.3 Å². The normalized spacial score (nSPS) is 22.3. The van der Waals surface area contributed by atoms with Gasteiger partial charge in [0, 0.05) is 24.7 Å². The maximum absolute atomic E-state index is 13.1. The smallest absolute Gasteiger partial charge is 0.343 e. The van der Waals surface area contributed by atoms with E-state index in [1.54, 1.807) is 37.3 Å². The molecule has 1 heterocycles. The highest BCUT2D eigenvalue weighted by molar-refractivity contribution is 5.96. The van der Waals surface area contributed by atoms with E-state index < -0.39 is 36.6 Å². The van der Waals surface area contributed by atoms with Gasteiger partial charge in [0.1, 0.15) is 6.04 Å². The van der Waals surface area contributed by atoms with E-state index in [1.165, 1.54) is 11.9 Å². The first-order chi connectivity index (χ1) is 11.2. The second-order valence-electron chi connectivity index (χ2n) is 5.92. The average molecular weight is 343 g/mol. The minimum Gasteiger partial charge on any atom is -0.343 e. The molecule has 1 saturated heterocycles. The van der Waals surface area contributed by atoms with Crippen LogP contribution in [0.1, 0.15) is 17.3 Å². The van der Waals surface area contributed by atoms with Gasteiger partial charge in [-0.05, 0) is 26.1 Å². The quantitative estimate of drug-likeness (QED) is 0.905. The van der Waals surface area contributed by atoms with Crippen molar-refractivity contribution in [2.75, 3.05) is 26.7 Å². The monoisotopic (exact) mass is 343 g/mol. The number of hydrogen-bond donors (Lipinski definition) is 1. The number of piperazine rings is 1. The largest absolute Gasteiger partial charge is 0.405 e. The van der Waals surface area contributed by atoms with Crippen molar-refractivity contribution < 1.29 is 22.8 Å². The van der Waals surface area contributed by atoms with Gasteiger partial charge in [-0.25, -0.2) is 0 Å². The second kappa shape index (κ2) is 7.21. The average Bonchev–Trinajstić information content (AvgIpc) is 2.54. The van der Waals surface area contributed by atoms with Crippen LogP contribution in [0.4, 0.5) is 13.2 Å². The molecule has 1 aliphatic rings. The Kier molecular flexibility index (Phi) is 5.48. The van der Waals surface area contributed by atoms with Crippen molar-refractivity contribution in [2.24, 2.45) is 0 Å². The lowest BCUT2D eigenvalue weighted by molar-refractivity contribution is -0.200. The zero-order valence-electron chi connectivity index (χ0n) is 13.5. The molecule has 0 bridgehead atoms. The first kappa shape index (κ1) is 18.3. The van der Waals surface area contributed by atoms with Gasteiger partial charge >= 0.3 is 6.18 Å². The number of alkyl halides is 3. The number of carbonyl (C=O) groups excluding carboxylic acids is 2. The molecule has 24 heavy (non-hydrogen) atoms. The lowest BCUT2D eigenvalue weighted by Gasteiger charge is -2.44. The summed E-state index contributed by atoms with van der Waals surface area (Å²) in [6.45, 7) is 1.09. The Morgan fingerprint density at radius 1 is 1.21 bits per heavy atom. The van der Waals surface area contributed by atoms with Gasteiger partial charge in [0.05, 0.1) is 6.54 Å². The first-order valence-electron chi connectivity index (χ1n) is 7.60. The van der Waals surface area contributed by atoms with Gasteiger partial charge in [0.2, 0.25) is 5.91 Å². The fourth-order valence-corrected chi connectivity index (χ4v) is 2.66. The molecule has 0 saturated carbocycles. The zero-order chi connectivity index (χ0) is 17.9. The molecule has 8 heteroatoms. The number of likely N-dealkylation sites (N-methyl/N-ethyl adjacent to an activating group) is 1. The van der Waals surface area contributed by atoms with Crippen LogP contribution in [-0.4, -0.2) is 66.6 Å². The molecule has 1 aromatic carbocycles. The maximum atomic E-state index is 13.1. The number of nitrogens with one attached hydrogen (secondary N) is 1. The molecule has 1 aliphatic heterocycles. The van der Waals surface area contributed by atoms with E-state index in [2.05, 4.69) is 5.32 Å². The summed E-state index contributed by atoms with van der Waals surface area (Å²) in [6, 6.07) is 6.20. The summed E-state index contributed by atoms with van der Waals surface area (Å²) in [7, 11) is 1.40. The number of nitrogens with zero attached hydrogens (tertiary/aromatic N) is 2. The van der Waals surface area contributed by atoms with Crippen molar-refractivity contribution in [2.45, 2.75) is 25.2 Å². The van der Waals surface area contributed by atoms with Crippen molar-refractivity contribution in [3.63, 3.8) is 0 Å². The van der Waals surface area contributed by atoms with Crippen LogP contribution in [0.3, 0.4) is 0 Å². The van der Waals surface area contributed by atoms with E-state index in [-0.39, 0.29) is 13.1 Å². The predicted octanol–water partition coefficient (Wildman–Crippen LogP) is 1.51. The molecule has 2 rings (SSSR count). The summed E-state index contributed by atoms with van der Waals surface area (Å²) < 4.78 is 39.3. The molecule has 1 fully saturated rings. The van der Waals surface area contributed by atoms with Gasteiger partial charge in [-0.2, -0.15) is 13.2 Å². The molecule has 0 aromatic heterocycles. The Morgan fingerprint density at radius 2 is 1.83 bits per heavy atom. The van der Waals surface area contributed by atoms with Crippen LogP contribution < -0.4 is 5.32 Å². The van der Waals surface area contributed by atoms with Crippen molar-refractivity contribution >= 4 is 11.8 Å². The maximum Gasteiger partial charge on any atom is 0.405 e. The fourth-order valence-electron chi connectivity index (χ4n) is 2.66. The van der Waals surface area contributed by atoms with E-state index in [0.717, 1.165) is 4.90 Å². The molecule has 2 amide bonds. The highest BCUT2D eigenvalue weighted by atomic mass is 19.4. The molecule has 0 radical (unpaired) electrons. The Labute approximate surface area is 138 Å². The number of rotatable bonds is 3. The van der Waals surface area contributed by atoms with Crippen LogP contribution >= 0.6 is 0 Å². The van der Waals surface area contributed by atoms with Gasteiger partial charge in [-0.3, -0.25) is 14.5 Å². The fraction of sp³-hybridized carbons (Fsp3) is 0.500. The van der Waals surface area contributed by atoms with E-state index in [4.69, 9.17) is 0 Å². The molecule has 132 valence electrons. The Bertz CT molecular complexity index is 592. The van der Waals surface area contributed by atoms with Crippen molar-refractivity contribution in [3.05, 3.63) is 35.9 Å². The molecule has 0 aliphatic carbocycles. The Balaban J connectivity index is 1.96. The number of amides is 2. The van der Waals surface area contributed by atoms with E-state index >= 15 is 0 Å². The van der Waals surface area contributed by atoms with E-state index in [1.807, 2.05) is 0 Å². The number of benzene rings is 1. The highest BCUT2D eigenvalue weighted by Gasteiger charge is 2.47. The lowest BCUT2D eigenvalue weighted by atomic mass is 10.1. The summed E-state index contributed by atoms with van der Waals surface area (Å²) in [5.74, 6) is -0.952. The molecule has 1 N–H and O–H groups in total. The summed E-state index contributed by atoms with van der Waals surface area (Å²) in [6.07, 6.45) is -4.41. The zero-order valence-corrected chi connectivity index (χ0v) is 13.5. The van der Waals surface area contributed by atoms with Crippen LogP contribution in [0.5, 0.6) is 0 Å². The van der Waals surface area contributed by atoms with Crippen molar-refractivity contribution in [1.82, 2.24) is 15.1 Å². The summed E-state index contributed by atoms with van der Waals surface area (Å²) in [4.78, 5) is 26.5. The van der Waals surface area contributed by atoms with Gasteiger partial charge in [0.15, 0.2) is 0 Å². The molecule has 5 nitrogen and oxygen atoms in total. The highest BCUT2D eigenvalue weighted by Crippen LogP contribution is 2.29. The lowest BCUT2D eigenvalue weighted by Crippen LogP contribution is -2.63. The third-order valence-electron chi connectivity index (χ3n) is 4.23. The third-order valence-corrected chi connectivity index (χ3v) is 4.23. The van der Waals surface area contributed by atoms with Crippen molar-refractivity contribution in [3.8, 4) is 0 Å². The van der Waals surface area contributed by atoms with E-state index in [9.17, 15) is 22.8 Å². The third kappa shape index (κ3) is 4.25. The van der Waals surface area contributed by atoms with Crippen LogP contribution in [0.25, 0.3) is 0 Å². The minimum absolute atomic E-state index is 0.198. The van der Waals surface area contributed by atoms with E-state index in [0.29, 0.717) is 5.56 Å². The summed E-state index contributed by atoms with van der Waals surface area (Å²) >= 11 is 0. The first-order valence-corrected chi connectivity index (χ1v) is 7.60. The molecule has 2 atom stereocenters. The Morgan fingerprint density at radius 3 is 2.42 bits per heavy atom. The molecule has 1 aromatic rings. The second-order valence-corrected chi connectivity index (χ2v) is 5.92. The van der Waals surface area contributed by atoms with Gasteiger partial charge in [-0.15, -0.1) is 0 Å². The molecular formula is C16H20F3N3O2. The SMILES string of the molecule is CC1CN(C(=O)CNC(=O)c2ccccc2)CC(C(F)(F)F)N1C. The molecular weight excluding hydrogens is 323 g/mol. The summed E-state index contributed by atoms with van der Waals surface area (Å²) in [5.41, 5.74) is 0.394.